The molecule has 2 rings (SSSR count). The van der Waals surface area contributed by atoms with Crippen LogP contribution >= 0.6 is 24.2 Å². The van der Waals surface area contributed by atoms with Crippen LogP contribution in [0, 0.1) is 0 Å². The number of nitrogens with one attached hydrogen (secondary N) is 1. The van der Waals surface area contributed by atoms with Crippen molar-refractivity contribution in [2.24, 2.45) is 0 Å². The van der Waals surface area contributed by atoms with Crippen molar-refractivity contribution in [2.45, 2.75) is 43.0 Å². The van der Waals surface area contributed by atoms with Crippen LogP contribution in [0.4, 0.5) is 0 Å². The van der Waals surface area contributed by atoms with Crippen LogP contribution in [0.2, 0.25) is 0 Å². The Morgan fingerprint density at radius 2 is 1.93 bits per heavy atom. The van der Waals surface area contributed by atoms with Gasteiger partial charge in [-0.15, -0.1) is 12.4 Å². The summed E-state index contributed by atoms with van der Waals surface area (Å²) in [5, 5.41) is 14.3. The van der Waals surface area contributed by atoms with E-state index in [1.165, 1.54) is 19.3 Å². The summed E-state index contributed by atoms with van der Waals surface area (Å²) >= 11 is 1.99. The molecule has 84 valence electrons. The van der Waals surface area contributed by atoms with Crippen LogP contribution in [-0.2, 0) is 0 Å². The summed E-state index contributed by atoms with van der Waals surface area (Å²) in [4.78, 5) is 0. The van der Waals surface area contributed by atoms with Gasteiger partial charge in [0.25, 0.3) is 0 Å². The van der Waals surface area contributed by atoms with E-state index in [0.29, 0.717) is 0 Å². The van der Waals surface area contributed by atoms with Crippen LogP contribution in [0.25, 0.3) is 0 Å². The Morgan fingerprint density at radius 3 is 2.43 bits per heavy atom. The van der Waals surface area contributed by atoms with Crippen molar-refractivity contribution in [3.05, 3.63) is 0 Å². The summed E-state index contributed by atoms with van der Waals surface area (Å²) in [5.41, 5.74) is -0.356. The molecule has 0 amide bonds. The highest BCUT2D eigenvalue weighted by atomic mass is 35.5. The SMILES string of the molecule is Cl.OC1(CSC2CCC2)CCNCC1. The van der Waals surface area contributed by atoms with Gasteiger partial charge in [-0.1, -0.05) is 6.42 Å². The molecule has 1 saturated carbocycles. The maximum absolute atomic E-state index is 10.2. The van der Waals surface area contributed by atoms with E-state index >= 15 is 0 Å². The highest BCUT2D eigenvalue weighted by Gasteiger charge is 2.31. The average molecular weight is 238 g/mol. The summed E-state index contributed by atoms with van der Waals surface area (Å²) < 4.78 is 0. The van der Waals surface area contributed by atoms with E-state index in [-0.39, 0.29) is 18.0 Å². The first-order valence-corrected chi connectivity index (χ1v) is 6.38. The van der Waals surface area contributed by atoms with Crippen molar-refractivity contribution >= 4 is 24.2 Å². The molecule has 4 heteroatoms. The average Bonchev–Trinajstić information content (AvgIpc) is 2.02. The number of piperidine rings is 1. The zero-order valence-electron chi connectivity index (χ0n) is 8.50. The Kier molecular flexibility index (Phi) is 5.04. The number of hydrogen-bond acceptors (Lipinski definition) is 3. The third-order valence-corrected chi connectivity index (χ3v) is 4.82. The van der Waals surface area contributed by atoms with Gasteiger partial charge in [-0.2, -0.15) is 11.8 Å². The van der Waals surface area contributed by atoms with Gasteiger partial charge >= 0.3 is 0 Å². The lowest BCUT2D eigenvalue weighted by atomic mass is 9.95. The first kappa shape index (κ1) is 12.6. The fraction of sp³-hybridized carbons (Fsp3) is 1.00. The Bertz CT molecular complexity index is 170. The van der Waals surface area contributed by atoms with Crippen LogP contribution in [0.3, 0.4) is 0 Å². The Hall–Kier alpha value is 0.560. The van der Waals surface area contributed by atoms with Crippen molar-refractivity contribution < 1.29 is 5.11 Å². The van der Waals surface area contributed by atoms with E-state index in [9.17, 15) is 5.11 Å². The normalized spacial score (nSPS) is 26.4. The summed E-state index contributed by atoms with van der Waals surface area (Å²) in [6.07, 6.45) is 6.02. The third-order valence-electron chi connectivity index (χ3n) is 3.17. The second-order valence-electron chi connectivity index (χ2n) is 4.34. The number of rotatable bonds is 3. The van der Waals surface area contributed by atoms with Crippen LogP contribution in [-0.4, -0.2) is 34.8 Å². The van der Waals surface area contributed by atoms with Crippen molar-refractivity contribution in [1.29, 1.82) is 0 Å². The molecular weight excluding hydrogens is 218 g/mol. The minimum Gasteiger partial charge on any atom is -0.389 e. The number of aliphatic hydroxyl groups is 1. The van der Waals surface area contributed by atoms with E-state index in [2.05, 4.69) is 5.32 Å². The summed E-state index contributed by atoms with van der Waals surface area (Å²) in [7, 11) is 0. The van der Waals surface area contributed by atoms with E-state index in [0.717, 1.165) is 36.9 Å². The lowest BCUT2D eigenvalue weighted by Crippen LogP contribution is -2.44. The van der Waals surface area contributed by atoms with Gasteiger partial charge in [-0.3, -0.25) is 0 Å². The van der Waals surface area contributed by atoms with Gasteiger partial charge in [0.2, 0.25) is 0 Å². The Labute approximate surface area is 96.6 Å². The van der Waals surface area contributed by atoms with Crippen LogP contribution in [0.15, 0.2) is 0 Å². The number of hydrogen-bond donors (Lipinski definition) is 2. The van der Waals surface area contributed by atoms with Crippen molar-refractivity contribution in [3.8, 4) is 0 Å². The lowest BCUT2D eigenvalue weighted by molar-refractivity contribution is 0.0337. The van der Waals surface area contributed by atoms with Gasteiger partial charge in [-0.25, -0.2) is 0 Å². The van der Waals surface area contributed by atoms with Crippen molar-refractivity contribution in [2.75, 3.05) is 18.8 Å². The molecule has 0 aromatic carbocycles. The van der Waals surface area contributed by atoms with Crippen molar-refractivity contribution in [1.82, 2.24) is 5.32 Å². The molecule has 1 aliphatic carbocycles. The first-order chi connectivity index (χ1) is 6.29. The second kappa shape index (κ2) is 5.59. The molecule has 2 aliphatic rings. The predicted octanol–water partition coefficient (Wildman–Crippen LogP) is 1.81. The number of halogens is 1. The lowest BCUT2D eigenvalue weighted by Gasteiger charge is -2.35. The molecule has 2 fully saturated rings. The molecule has 1 aliphatic heterocycles. The summed E-state index contributed by atoms with van der Waals surface area (Å²) in [5.74, 6) is 0.958. The molecule has 0 aromatic heterocycles. The zero-order valence-corrected chi connectivity index (χ0v) is 10.1. The third kappa shape index (κ3) is 3.30. The molecule has 2 nitrogen and oxygen atoms in total. The molecule has 0 aromatic rings. The summed E-state index contributed by atoms with van der Waals surface area (Å²) in [6.45, 7) is 1.98. The molecule has 2 N–H and O–H groups in total. The molecule has 0 spiro atoms. The maximum Gasteiger partial charge on any atom is 0.0762 e. The topological polar surface area (TPSA) is 32.3 Å². The van der Waals surface area contributed by atoms with E-state index in [1.807, 2.05) is 11.8 Å². The number of thioether (sulfide) groups is 1. The van der Waals surface area contributed by atoms with E-state index in [4.69, 9.17) is 0 Å². The van der Waals surface area contributed by atoms with Crippen LogP contribution in [0.5, 0.6) is 0 Å². The Morgan fingerprint density at radius 1 is 1.29 bits per heavy atom. The molecule has 0 atom stereocenters. The fourth-order valence-electron chi connectivity index (χ4n) is 1.85. The minimum atomic E-state index is -0.356. The molecular formula is C10H20ClNOS. The van der Waals surface area contributed by atoms with Gasteiger partial charge in [0.15, 0.2) is 0 Å². The summed E-state index contributed by atoms with van der Waals surface area (Å²) in [6, 6.07) is 0. The smallest absolute Gasteiger partial charge is 0.0762 e. The predicted molar refractivity (Wildman–Crippen MR) is 64.4 cm³/mol. The highest BCUT2D eigenvalue weighted by Crippen LogP contribution is 2.34. The molecule has 1 saturated heterocycles. The molecule has 0 unspecified atom stereocenters. The molecule has 0 radical (unpaired) electrons. The van der Waals surface area contributed by atoms with Crippen LogP contribution < -0.4 is 5.32 Å². The second-order valence-corrected chi connectivity index (χ2v) is 5.63. The molecule has 0 bridgehead atoms. The van der Waals surface area contributed by atoms with Gasteiger partial charge in [-0.05, 0) is 38.8 Å². The molecule has 14 heavy (non-hydrogen) atoms. The molecule has 1 heterocycles. The fourth-order valence-corrected chi connectivity index (χ4v) is 3.35. The van der Waals surface area contributed by atoms with Gasteiger partial charge in [0.1, 0.15) is 0 Å². The van der Waals surface area contributed by atoms with Gasteiger partial charge in [0.05, 0.1) is 5.60 Å². The van der Waals surface area contributed by atoms with Gasteiger partial charge < -0.3 is 10.4 Å². The minimum absolute atomic E-state index is 0. The standard InChI is InChI=1S/C10H19NOS.ClH/c12-10(4-6-11-7-5-10)8-13-9-2-1-3-9;/h9,11-12H,1-8H2;1H. The highest BCUT2D eigenvalue weighted by molar-refractivity contribution is 8.00. The Balaban J connectivity index is 0.000000980. The largest absolute Gasteiger partial charge is 0.389 e. The van der Waals surface area contributed by atoms with E-state index < -0.39 is 0 Å². The zero-order chi connectivity index (χ0) is 9.15. The quantitative estimate of drug-likeness (QED) is 0.786. The first-order valence-electron chi connectivity index (χ1n) is 5.33. The van der Waals surface area contributed by atoms with Crippen molar-refractivity contribution in [3.63, 3.8) is 0 Å². The maximum atomic E-state index is 10.2. The van der Waals surface area contributed by atoms with Gasteiger partial charge in [0, 0.05) is 11.0 Å². The monoisotopic (exact) mass is 237 g/mol. The van der Waals surface area contributed by atoms with E-state index in [1.54, 1.807) is 0 Å². The van der Waals surface area contributed by atoms with Crippen LogP contribution in [0.1, 0.15) is 32.1 Å².